The molecule has 9 heteroatoms. The first-order valence-corrected chi connectivity index (χ1v) is 9.00. The number of esters is 1. The normalized spacial score (nSPS) is 17.3. The molecule has 0 radical (unpaired) electrons. The van der Waals surface area contributed by atoms with E-state index in [1.807, 2.05) is 0 Å². The quantitative estimate of drug-likeness (QED) is 0.424. The number of nitrogens with zero attached hydrogens (tertiary/aromatic N) is 1. The van der Waals surface area contributed by atoms with Crippen molar-refractivity contribution in [3.8, 4) is 11.5 Å². The van der Waals surface area contributed by atoms with Gasteiger partial charge in [0.25, 0.3) is 5.91 Å². The number of imide groups is 1. The summed E-state index contributed by atoms with van der Waals surface area (Å²) >= 11 is 0. The second-order valence-corrected chi connectivity index (χ2v) is 7.06. The van der Waals surface area contributed by atoms with E-state index in [0.29, 0.717) is 30.3 Å². The molecule has 1 fully saturated rings. The molecule has 28 heavy (non-hydrogen) atoms. The van der Waals surface area contributed by atoms with Gasteiger partial charge in [0.05, 0.1) is 0 Å². The first-order chi connectivity index (χ1) is 13.3. The highest BCUT2D eigenvalue weighted by atomic mass is 16.6. The maximum atomic E-state index is 12.2. The highest BCUT2D eigenvalue weighted by Gasteiger charge is 2.43. The van der Waals surface area contributed by atoms with Crippen LogP contribution in [0.4, 0.5) is 4.79 Å². The molecule has 0 unspecified atom stereocenters. The Kier molecular flexibility index (Phi) is 5.53. The highest BCUT2D eigenvalue weighted by Crippen LogP contribution is 2.30. The highest BCUT2D eigenvalue weighted by molar-refractivity contribution is 6.06. The molecular weight excluding hydrogens is 368 g/mol. The van der Waals surface area contributed by atoms with Gasteiger partial charge in [-0.25, -0.2) is 4.79 Å². The number of benzene rings is 1. The lowest BCUT2D eigenvalue weighted by molar-refractivity contribution is -0.143. The summed E-state index contributed by atoms with van der Waals surface area (Å²) < 4.78 is 15.8. The average molecular weight is 390 g/mol. The predicted octanol–water partition coefficient (Wildman–Crippen LogP) is 1.29. The summed E-state index contributed by atoms with van der Waals surface area (Å²) in [5, 5.41) is 2.57. The molecule has 2 aliphatic heterocycles. The number of nitrogens with one attached hydrogen (secondary N) is 1. The molecule has 3 rings (SSSR count). The van der Waals surface area contributed by atoms with Gasteiger partial charge in [0, 0.05) is 18.5 Å². The van der Waals surface area contributed by atoms with Crippen LogP contribution in [0.15, 0.2) is 18.2 Å². The number of fused-ring (bicyclic) bond motifs is 1. The first-order valence-electron chi connectivity index (χ1n) is 9.00. The number of carbonyl (C=O) groups is 4. The fraction of sp³-hybridized carbons (Fsp3) is 0.474. The summed E-state index contributed by atoms with van der Waals surface area (Å²) in [6.45, 7) is 3.82. The number of urea groups is 1. The fourth-order valence-corrected chi connectivity index (χ4v) is 2.92. The number of hydrogen-bond donors (Lipinski definition) is 1. The number of amides is 3. The Morgan fingerprint density at radius 1 is 1.18 bits per heavy atom. The van der Waals surface area contributed by atoms with Gasteiger partial charge in [-0.2, -0.15) is 0 Å². The zero-order chi connectivity index (χ0) is 20.3. The van der Waals surface area contributed by atoms with E-state index in [1.54, 1.807) is 32.0 Å². The molecular formula is C19H22N2O7. The molecule has 9 nitrogen and oxygen atoms in total. The monoisotopic (exact) mass is 390 g/mol. The Balaban J connectivity index is 1.43. The van der Waals surface area contributed by atoms with Crippen LogP contribution in [0.5, 0.6) is 11.5 Å². The number of carbonyl (C=O) groups excluding carboxylic acids is 4. The largest absolute Gasteiger partial charge is 0.486 e. The van der Waals surface area contributed by atoms with E-state index < -0.39 is 24.1 Å². The van der Waals surface area contributed by atoms with Gasteiger partial charge in [0.1, 0.15) is 18.8 Å². The Bertz CT molecular complexity index is 819. The van der Waals surface area contributed by atoms with Crippen LogP contribution in [0.25, 0.3) is 0 Å². The molecule has 2 heterocycles. The first kappa shape index (κ1) is 19.7. The zero-order valence-corrected chi connectivity index (χ0v) is 15.8. The molecule has 0 spiro atoms. The van der Waals surface area contributed by atoms with Gasteiger partial charge < -0.3 is 19.5 Å². The van der Waals surface area contributed by atoms with Gasteiger partial charge in [-0.05, 0) is 38.5 Å². The standard InChI is InChI=1S/C19H22N2O7/c1-19(2)17(24)21(18(25)20-19)7-3-4-16(23)28-11-13(22)12-5-6-14-15(10-12)27-9-8-26-14/h5-6,10H,3-4,7-9,11H2,1-2H3,(H,20,25). The van der Waals surface area contributed by atoms with Crippen LogP contribution < -0.4 is 14.8 Å². The molecule has 150 valence electrons. The van der Waals surface area contributed by atoms with Crippen molar-refractivity contribution in [2.24, 2.45) is 0 Å². The lowest BCUT2D eigenvalue weighted by Crippen LogP contribution is -2.40. The van der Waals surface area contributed by atoms with Gasteiger partial charge in [-0.1, -0.05) is 0 Å². The van der Waals surface area contributed by atoms with Crippen LogP contribution in [0, 0.1) is 0 Å². The number of hydrogen-bond acceptors (Lipinski definition) is 7. The Morgan fingerprint density at radius 3 is 2.57 bits per heavy atom. The van der Waals surface area contributed by atoms with Crippen LogP contribution in [-0.2, 0) is 14.3 Å². The van der Waals surface area contributed by atoms with Crippen molar-refractivity contribution in [3.05, 3.63) is 23.8 Å². The topological polar surface area (TPSA) is 111 Å². The zero-order valence-electron chi connectivity index (χ0n) is 15.8. The third-order valence-electron chi connectivity index (χ3n) is 4.44. The van der Waals surface area contributed by atoms with Gasteiger partial charge in [0.15, 0.2) is 23.9 Å². The maximum Gasteiger partial charge on any atom is 0.325 e. The minimum Gasteiger partial charge on any atom is -0.486 e. The Hall–Kier alpha value is -3.10. The van der Waals surface area contributed by atoms with Crippen molar-refractivity contribution in [1.29, 1.82) is 0 Å². The summed E-state index contributed by atoms with van der Waals surface area (Å²) in [4.78, 5) is 48.9. The summed E-state index contributed by atoms with van der Waals surface area (Å²) in [6, 6.07) is 4.31. The van der Waals surface area contributed by atoms with E-state index in [-0.39, 0.29) is 31.1 Å². The van der Waals surface area contributed by atoms with Crippen LogP contribution in [0.1, 0.15) is 37.0 Å². The fourth-order valence-electron chi connectivity index (χ4n) is 2.92. The number of Topliss-reactive ketones (excluding diaryl/α,β-unsaturated/α-hetero) is 1. The smallest absolute Gasteiger partial charge is 0.325 e. The third-order valence-corrected chi connectivity index (χ3v) is 4.44. The predicted molar refractivity (Wildman–Crippen MR) is 96.3 cm³/mol. The van der Waals surface area contributed by atoms with Gasteiger partial charge in [0.2, 0.25) is 0 Å². The van der Waals surface area contributed by atoms with Gasteiger partial charge in [-0.15, -0.1) is 0 Å². The van der Waals surface area contributed by atoms with Crippen molar-refractivity contribution in [2.75, 3.05) is 26.4 Å². The summed E-state index contributed by atoms with van der Waals surface area (Å²) in [6.07, 6.45) is 0.248. The van der Waals surface area contributed by atoms with E-state index in [9.17, 15) is 19.2 Å². The Morgan fingerprint density at radius 2 is 1.89 bits per heavy atom. The van der Waals surface area contributed by atoms with Crippen molar-refractivity contribution >= 4 is 23.7 Å². The SMILES string of the molecule is CC1(C)NC(=O)N(CCCC(=O)OCC(=O)c2ccc3c(c2)OCCO3)C1=O. The Labute approximate surface area is 161 Å². The van der Waals surface area contributed by atoms with Crippen molar-refractivity contribution in [1.82, 2.24) is 10.2 Å². The summed E-state index contributed by atoms with van der Waals surface area (Å²) in [5.41, 5.74) is -0.577. The van der Waals surface area contributed by atoms with E-state index >= 15 is 0 Å². The molecule has 0 saturated carbocycles. The number of ketones is 1. The number of ether oxygens (including phenoxy) is 3. The molecule has 1 saturated heterocycles. The van der Waals surface area contributed by atoms with Crippen LogP contribution in [0.2, 0.25) is 0 Å². The maximum absolute atomic E-state index is 12.2. The average Bonchev–Trinajstić information content (AvgIpc) is 2.87. The summed E-state index contributed by atoms with van der Waals surface area (Å²) in [5.74, 6) is -0.207. The lowest BCUT2D eigenvalue weighted by Gasteiger charge is -2.18. The minimum atomic E-state index is -0.937. The molecule has 1 N–H and O–H groups in total. The molecule has 1 aromatic carbocycles. The van der Waals surface area contributed by atoms with Crippen molar-refractivity contribution < 1.29 is 33.4 Å². The molecule has 0 bridgehead atoms. The van der Waals surface area contributed by atoms with E-state index in [2.05, 4.69) is 5.32 Å². The molecule has 0 aliphatic carbocycles. The van der Waals surface area contributed by atoms with Crippen LogP contribution in [0.3, 0.4) is 0 Å². The van der Waals surface area contributed by atoms with E-state index in [0.717, 1.165) is 4.90 Å². The van der Waals surface area contributed by atoms with Crippen LogP contribution in [-0.4, -0.2) is 60.5 Å². The second kappa shape index (κ2) is 7.87. The van der Waals surface area contributed by atoms with E-state index in [1.165, 1.54) is 0 Å². The molecule has 1 aromatic rings. The van der Waals surface area contributed by atoms with Crippen molar-refractivity contribution in [3.63, 3.8) is 0 Å². The molecule has 3 amide bonds. The van der Waals surface area contributed by atoms with Crippen molar-refractivity contribution in [2.45, 2.75) is 32.2 Å². The second-order valence-electron chi connectivity index (χ2n) is 7.06. The van der Waals surface area contributed by atoms with Gasteiger partial charge >= 0.3 is 12.0 Å². The molecule has 0 atom stereocenters. The van der Waals surface area contributed by atoms with Crippen LogP contribution >= 0.6 is 0 Å². The molecule has 0 aromatic heterocycles. The van der Waals surface area contributed by atoms with E-state index in [4.69, 9.17) is 14.2 Å². The van der Waals surface area contributed by atoms with Gasteiger partial charge in [-0.3, -0.25) is 19.3 Å². The third kappa shape index (κ3) is 4.24. The lowest BCUT2D eigenvalue weighted by atomic mass is 10.1. The molecule has 2 aliphatic rings. The summed E-state index contributed by atoms with van der Waals surface area (Å²) in [7, 11) is 0. The minimum absolute atomic E-state index is 0.00803. The number of rotatable bonds is 7.